The lowest BCUT2D eigenvalue weighted by molar-refractivity contribution is 1.18. The van der Waals surface area contributed by atoms with E-state index in [2.05, 4.69) is 240 Å². The van der Waals surface area contributed by atoms with Gasteiger partial charge in [0, 0.05) is 33.3 Å². The molecule has 0 atom stereocenters. The molecule has 0 saturated carbocycles. The summed E-state index contributed by atoms with van der Waals surface area (Å²) in [5, 5.41) is 7.39. The summed E-state index contributed by atoms with van der Waals surface area (Å²) in [5.74, 6) is 0. The maximum atomic E-state index is 2.48. The molecule has 58 heavy (non-hydrogen) atoms. The van der Waals surface area contributed by atoms with E-state index in [0.29, 0.717) is 0 Å². The molecule has 0 unspecified atom stereocenters. The maximum absolute atomic E-state index is 2.48. The summed E-state index contributed by atoms with van der Waals surface area (Å²) < 4.78 is 2.41. The molecule has 0 aliphatic heterocycles. The van der Waals surface area contributed by atoms with Gasteiger partial charge in [-0.2, -0.15) is 0 Å². The fraction of sp³-hybridized carbons (Fsp3) is 0. The van der Waals surface area contributed by atoms with E-state index in [1.54, 1.807) is 0 Å². The van der Waals surface area contributed by atoms with Crippen molar-refractivity contribution in [3.63, 3.8) is 0 Å². The van der Waals surface area contributed by atoms with E-state index in [1.807, 2.05) is 0 Å². The minimum absolute atomic E-state index is 1.08. The summed E-state index contributed by atoms with van der Waals surface area (Å²) in [6.07, 6.45) is 0. The molecule has 0 bridgehead atoms. The van der Waals surface area contributed by atoms with E-state index in [4.69, 9.17) is 0 Å². The van der Waals surface area contributed by atoms with Crippen LogP contribution in [0.1, 0.15) is 0 Å². The van der Waals surface area contributed by atoms with Crippen LogP contribution in [0, 0.1) is 0 Å². The van der Waals surface area contributed by atoms with Crippen LogP contribution >= 0.6 is 0 Å². The molecule has 0 aliphatic carbocycles. The average Bonchev–Trinajstić information content (AvgIpc) is 3.63. The Kier molecular flexibility index (Phi) is 8.19. The van der Waals surface area contributed by atoms with Crippen LogP contribution in [-0.2, 0) is 0 Å². The molecule has 0 radical (unpaired) electrons. The van der Waals surface area contributed by atoms with Gasteiger partial charge in [-0.05, 0) is 92.3 Å². The van der Waals surface area contributed by atoms with E-state index in [-0.39, 0.29) is 0 Å². The third kappa shape index (κ3) is 5.66. The van der Waals surface area contributed by atoms with Crippen LogP contribution in [0.25, 0.3) is 82.4 Å². The molecule has 0 spiro atoms. The Morgan fingerprint density at radius 3 is 1.62 bits per heavy atom. The van der Waals surface area contributed by atoms with Gasteiger partial charge in [0.1, 0.15) is 0 Å². The van der Waals surface area contributed by atoms with Crippen molar-refractivity contribution >= 4 is 60.4 Å². The number of aromatic nitrogens is 1. The Morgan fingerprint density at radius 2 is 0.845 bits per heavy atom. The van der Waals surface area contributed by atoms with Crippen molar-refractivity contribution in [1.29, 1.82) is 0 Å². The molecular weight excluding hydrogens is 701 g/mol. The normalized spacial score (nSPS) is 11.4. The number of anilines is 3. The summed E-state index contributed by atoms with van der Waals surface area (Å²) >= 11 is 0. The van der Waals surface area contributed by atoms with Crippen LogP contribution in [0.5, 0.6) is 0 Å². The first-order valence-electron chi connectivity index (χ1n) is 19.9. The zero-order valence-corrected chi connectivity index (χ0v) is 31.8. The molecule has 0 saturated heterocycles. The van der Waals surface area contributed by atoms with Gasteiger partial charge < -0.3 is 9.47 Å². The standard InChI is InChI=1S/C56H38N2/c1-3-17-41(18-4-1)52-37-42(47-29-15-21-39-19-7-9-25-45(39)47)33-36-55(52)58(53-31-13-11-27-49(53)48-30-16-22-40-20-8-10-26-46(40)48)44-34-35-51-50-28-12-14-32-54(50)57(56(51)38-44)43-23-5-2-6-24-43/h1-38H. The molecule has 0 N–H and O–H groups in total. The van der Waals surface area contributed by atoms with Crippen molar-refractivity contribution in [1.82, 2.24) is 4.57 Å². The van der Waals surface area contributed by atoms with Crippen LogP contribution in [0.3, 0.4) is 0 Å². The fourth-order valence-corrected chi connectivity index (χ4v) is 8.94. The molecule has 272 valence electrons. The van der Waals surface area contributed by atoms with Crippen LogP contribution in [0.15, 0.2) is 231 Å². The predicted octanol–water partition coefficient (Wildman–Crippen LogP) is 15.6. The van der Waals surface area contributed by atoms with Crippen LogP contribution in [0.2, 0.25) is 0 Å². The topological polar surface area (TPSA) is 8.17 Å². The summed E-state index contributed by atoms with van der Waals surface area (Å²) in [7, 11) is 0. The minimum Gasteiger partial charge on any atom is -0.309 e. The monoisotopic (exact) mass is 738 g/mol. The fourth-order valence-electron chi connectivity index (χ4n) is 8.94. The zero-order valence-electron chi connectivity index (χ0n) is 31.8. The number of benzene rings is 10. The van der Waals surface area contributed by atoms with Crippen molar-refractivity contribution in [2.24, 2.45) is 0 Å². The molecule has 0 fully saturated rings. The first kappa shape index (κ1) is 33.6. The first-order chi connectivity index (χ1) is 28.8. The van der Waals surface area contributed by atoms with Crippen LogP contribution in [-0.4, -0.2) is 4.57 Å². The molecule has 2 nitrogen and oxygen atoms in total. The van der Waals surface area contributed by atoms with Crippen molar-refractivity contribution in [2.75, 3.05) is 4.90 Å². The van der Waals surface area contributed by atoms with Gasteiger partial charge in [-0.25, -0.2) is 0 Å². The summed E-state index contributed by atoms with van der Waals surface area (Å²) in [5.41, 5.74) is 13.9. The number of hydrogen-bond donors (Lipinski definition) is 0. The van der Waals surface area contributed by atoms with Crippen LogP contribution in [0.4, 0.5) is 17.1 Å². The van der Waals surface area contributed by atoms with Crippen molar-refractivity contribution < 1.29 is 0 Å². The smallest absolute Gasteiger partial charge is 0.0561 e. The van der Waals surface area contributed by atoms with Crippen molar-refractivity contribution in [2.45, 2.75) is 0 Å². The number of hydrogen-bond acceptors (Lipinski definition) is 1. The molecule has 2 heteroatoms. The predicted molar refractivity (Wildman–Crippen MR) is 247 cm³/mol. The molecule has 10 aromatic carbocycles. The highest BCUT2D eigenvalue weighted by Gasteiger charge is 2.24. The lowest BCUT2D eigenvalue weighted by atomic mass is 9.92. The number of fused-ring (bicyclic) bond motifs is 5. The SMILES string of the molecule is c1ccc(-c2cc(-c3cccc4ccccc34)ccc2N(c2ccc3c4ccccc4n(-c4ccccc4)c3c2)c2ccccc2-c2cccc3ccccc23)cc1. The highest BCUT2D eigenvalue weighted by atomic mass is 15.1. The van der Waals surface area contributed by atoms with E-state index < -0.39 is 0 Å². The number of rotatable bonds is 7. The number of para-hydroxylation sites is 3. The van der Waals surface area contributed by atoms with E-state index >= 15 is 0 Å². The molecule has 1 heterocycles. The average molecular weight is 739 g/mol. The van der Waals surface area contributed by atoms with Gasteiger partial charge in [-0.15, -0.1) is 0 Å². The lowest BCUT2D eigenvalue weighted by Gasteiger charge is -2.30. The third-order valence-corrected chi connectivity index (χ3v) is 11.6. The molecule has 1 aromatic heterocycles. The Bertz CT molecular complexity index is 3280. The lowest BCUT2D eigenvalue weighted by Crippen LogP contribution is -2.13. The Hall–Kier alpha value is -7.68. The van der Waals surface area contributed by atoms with Crippen molar-refractivity contribution in [3.8, 4) is 39.1 Å². The van der Waals surface area contributed by atoms with Gasteiger partial charge in [0.05, 0.1) is 22.4 Å². The van der Waals surface area contributed by atoms with Gasteiger partial charge in [0.2, 0.25) is 0 Å². The Labute approximate surface area is 338 Å². The highest BCUT2D eigenvalue weighted by Crippen LogP contribution is 2.48. The first-order valence-corrected chi connectivity index (χ1v) is 19.9. The van der Waals surface area contributed by atoms with Gasteiger partial charge in [-0.3, -0.25) is 0 Å². The minimum atomic E-state index is 1.08. The summed E-state index contributed by atoms with van der Waals surface area (Å²) in [4.78, 5) is 2.48. The van der Waals surface area contributed by atoms with Gasteiger partial charge >= 0.3 is 0 Å². The van der Waals surface area contributed by atoms with Crippen molar-refractivity contribution in [3.05, 3.63) is 231 Å². The molecule has 0 amide bonds. The zero-order chi connectivity index (χ0) is 38.4. The second-order valence-corrected chi connectivity index (χ2v) is 14.9. The summed E-state index contributed by atoms with van der Waals surface area (Å²) in [6.45, 7) is 0. The van der Waals surface area contributed by atoms with Gasteiger partial charge in [-0.1, -0.05) is 182 Å². The largest absolute Gasteiger partial charge is 0.309 e. The molecular formula is C56H38N2. The molecule has 11 aromatic rings. The molecule has 0 aliphatic rings. The van der Waals surface area contributed by atoms with Gasteiger partial charge in [0.15, 0.2) is 0 Å². The van der Waals surface area contributed by atoms with E-state index in [9.17, 15) is 0 Å². The summed E-state index contributed by atoms with van der Waals surface area (Å²) in [6, 6.07) is 83.9. The van der Waals surface area contributed by atoms with E-state index in [1.165, 1.54) is 60.1 Å². The third-order valence-electron chi connectivity index (χ3n) is 11.6. The highest BCUT2D eigenvalue weighted by molar-refractivity contribution is 6.11. The second-order valence-electron chi connectivity index (χ2n) is 14.9. The van der Waals surface area contributed by atoms with E-state index in [0.717, 1.165) is 39.4 Å². The second kappa shape index (κ2) is 14.1. The quantitative estimate of drug-likeness (QED) is 0.158. The number of nitrogens with zero attached hydrogens (tertiary/aromatic N) is 2. The molecule has 11 rings (SSSR count). The maximum Gasteiger partial charge on any atom is 0.0561 e. The Balaban J connectivity index is 1.22. The van der Waals surface area contributed by atoms with Gasteiger partial charge in [0.25, 0.3) is 0 Å². The van der Waals surface area contributed by atoms with Crippen LogP contribution < -0.4 is 4.90 Å². The Morgan fingerprint density at radius 1 is 0.293 bits per heavy atom.